The molecular formula is C10H9IN2S. The molecule has 2 nitrogen and oxygen atoms in total. The molecule has 1 aromatic carbocycles. The maximum atomic E-state index is 5.78. The van der Waals surface area contributed by atoms with Crippen molar-refractivity contribution in [1.29, 1.82) is 0 Å². The van der Waals surface area contributed by atoms with Crippen molar-refractivity contribution in [3.63, 3.8) is 0 Å². The molecule has 0 saturated heterocycles. The normalized spacial score (nSPS) is 10.4. The third-order valence-corrected chi connectivity index (χ3v) is 3.90. The molecule has 0 fully saturated rings. The topological polar surface area (TPSA) is 38.9 Å². The highest BCUT2D eigenvalue weighted by Crippen LogP contribution is 2.32. The van der Waals surface area contributed by atoms with Gasteiger partial charge < -0.3 is 5.73 Å². The van der Waals surface area contributed by atoms with Gasteiger partial charge in [0.25, 0.3) is 0 Å². The van der Waals surface area contributed by atoms with E-state index in [4.69, 9.17) is 5.73 Å². The lowest BCUT2D eigenvalue weighted by Crippen LogP contribution is -1.82. The summed E-state index contributed by atoms with van der Waals surface area (Å²) in [5.74, 6) is 0. The van der Waals surface area contributed by atoms with Gasteiger partial charge in [-0.05, 0) is 35.6 Å². The van der Waals surface area contributed by atoms with Crippen molar-refractivity contribution < 1.29 is 0 Å². The van der Waals surface area contributed by atoms with Gasteiger partial charge in [0.2, 0.25) is 0 Å². The number of hydrogen-bond acceptors (Lipinski definition) is 3. The van der Waals surface area contributed by atoms with Crippen molar-refractivity contribution in [3.05, 3.63) is 33.5 Å². The summed E-state index contributed by atoms with van der Waals surface area (Å²) < 4.78 is 1.21. The number of aryl methyl sites for hydroxylation is 1. The van der Waals surface area contributed by atoms with E-state index < -0.39 is 0 Å². The van der Waals surface area contributed by atoms with Gasteiger partial charge in [0.05, 0.1) is 5.69 Å². The number of nitrogens with zero attached hydrogens (tertiary/aromatic N) is 1. The average Bonchev–Trinajstić information content (AvgIpc) is 2.48. The van der Waals surface area contributed by atoms with Crippen LogP contribution >= 0.6 is 33.9 Å². The number of anilines is 1. The molecule has 72 valence electrons. The highest BCUT2D eigenvalue weighted by Gasteiger charge is 2.08. The summed E-state index contributed by atoms with van der Waals surface area (Å²) in [5, 5.41) is 1.81. The number of halogens is 1. The molecule has 2 N–H and O–H groups in total. The van der Waals surface area contributed by atoms with E-state index >= 15 is 0 Å². The van der Waals surface area contributed by atoms with Crippen LogP contribution < -0.4 is 5.73 Å². The quantitative estimate of drug-likeness (QED) is 0.820. The SMILES string of the molecule is Cc1nc(-c2ccccc2I)sc1N. The lowest BCUT2D eigenvalue weighted by atomic mass is 10.2. The van der Waals surface area contributed by atoms with Crippen LogP contribution in [0.5, 0.6) is 0 Å². The second kappa shape index (κ2) is 3.86. The molecule has 0 spiro atoms. The van der Waals surface area contributed by atoms with Gasteiger partial charge in [-0.15, -0.1) is 0 Å². The summed E-state index contributed by atoms with van der Waals surface area (Å²) in [6.45, 7) is 1.94. The fraction of sp³-hybridized carbons (Fsp3) is 0.100. The van der Waals surface area contributed by atoms with Gasteiger partial charge in [-0.25, -0.2) is 4.98 Å². The van der Waals surface area contributed by atoms with Crippen LogP contribution in [0.4, 0.5) is 5.00 Å². The minimum atomic E-state index is 0.805. The van der Waals surface area contributed by atoms with Gasteiger partial charge >= 0.3 is 0 Å². The van der Waals surface area contributed by atoms with E-state index in [2.05, 4.69) is 39.7 Å². The molecule has 0 aliphatic heterocycles. The maximum Gasteiger partial charge on any atom is 0.126 e. The number of nitrogen functional groups attached to an aromatic ring is 1. The molecule has 0 aliphatic rings. The fourth-order valence-corrected chi connectivity index (χ4v) is 2.86. The molecule has 0 atom stereocenters. The highest BCUT2D eigenvalue weighted by molar-refractivity contribution is 14.1. The Labute approximate surface area is 100 Å². The predicted molar refractivity (Wildman–Crippen MR) is 69.4 cm³/mol. The van der Waals surface area contributed by atoms with E-state index in [0.29, 0.717) is 0 Å². The van der Waals surface area contributed by atoms with E-state index in [0.717, 1.165) is 21.3 Å². The summed E-state index contributed by atoms with van der Waals surface area (Å²) in [5.41, 5.74) is 7.87. The molecule has 14 heavy (non-hydrogen) atoms. The second-order valence-electron chi connectivity index (χ2n) is 2.95. The Morgan fingerprint density at radius 2 is 2.07 bits per heavy atom. The molecule has 0 aliphatic carbocycles. The number of nitrogens with two attached hydrogens (primary N) is 1. The zero-order valence-electron chi connectivity index (χ0n) is 7.62. The van der Waals surface area contributed by atoms with E-state index in [1.54, 1.807) is 11.3 Å². The molecule has 0 unspecified atom stereocenters. The van der Waals surface area contributed by atoms with Crippen molar-refractivity contribution in [1.82, 2.24) is 4.98 Å². The van der Waals surface area contributed by atoms with Crippen molar-refractivity contribution in [2.45, 2.75) is 6.92 Å². The number of benzene rings is 1. The number of rotatable bonds is 1. The average molecular weight is 316 g/mol. The largest absolute Gasteiger partial charge is 0.389 e. The number of aromatic nitrogens is 1. The van der Waals surface area contributed by atoms with E-state index in [1.807, 2.05) is 19.1 Å². The first kappa shape index (κ1) is 9.92. The standard InChI is InChI=1S/C10H9IN2S/c1-6-9(12)14-10(13-6)7-4-2-3-5-8(7)11/h2-5H,12H2,1H3. The summed E-state index contributed by atoms with van der Waals surface area (Å²) >= 11 is 3.85. The van der Waals surface area contributed by atoms with Crippen LogP contribution in [0.3, 0.4) is 0 Å². The van der Waals surface area contributed by atoms with Crippen molar-refractivity contribution in [3.8, 4) is 10.6 Å². The predicted octanol–water partition coefficient (Wildman–Crippen LogP) is 3.31. The lowest BCUT2D eigenvalue weighted by Gasteiger charge is -1.98. The third kappa shape index (κ3) is 1.76. The van der Waals surface area contributed by atoms with E-state index in [1.165, 1.54) is 3.57 Å². The van der Waals surface area contributed by atoms with Crippen LogP contribution in [0.2, 0.25) is 0 Å². The maximum absolute atomic E-state index is 5.78. The Kier molecular flexibility index (Phi) is 2.73. The second-order valence-corrected chi connectivity index (χ2v) is 5.14. The molecule has 1 aromatic heterocycles. The van der Waals surface area contributed by atoms with E-state index in [-0.39, 0.29) is 0 Å². The van der Waals surface area contributed by atoms with Crippen molar-refractivity contribution in [2.75, 3.05) is 5.73 Å². The molecule has 2 rings (SSSR count). The highest BCUT2D eigenvalue weighted by atomic mass is 127. The Morgan fingerprint density at radius 1 is 1.36 bits per heavy atom. The van der Waals surface area contributed by atoms with Gasteiger partial charge in [0, 0.05) is 9.13 Å². The Morgan fingerprint density at radius 3 is 2.64 bits per heavy atom. The summed E-state index contributed by atoms with van der Waals surface area (Å²) in [7, 11) is 0. The minimum absolute atomic E-state index is 0.805. The van der Waals surface area contributed by atoms with Crippen LogP contribution in [-0.2, 0) is 0 Å². The third-order valence-electron chi connectivity index (χ3n) is 1.94. The van der Waals surface area contributed by atoms with Crippen molar-refractivity contribution in [2.24, 2.45) is 0 Å². The summed E-state index contributed by atoms with van der Waals surface area (Å²) in [6.07, 6.45) is 0. The molecule has 0 saturated carbocycles. The number of thiazole rings is 1. The Balaban J connectivity index is 2.55. The van der Waals surface area contributed by atoms with Crippen LogP contribution in [0.15, 0.2) is 24.3 Å². The zero-order valence-corrected chi connectivity index (χ0v) is 10.6. The smallest absolute Gasteiger partial charge is 0.126 e. The Bertz CT molecular complexity index is 445. The van der Waals surface area contributed by atoms with Gasteiger partial charge in [-0.2, -0.15) is 0 Å². The summed E-state index contributed by atoms with van der Waals surface area (Å²) in [4.78, 5) is 4.43. The molecule has 0 amide bonds. The number of hydrogen-bond donors (Lipinski definition) is 1. The van der Waals surface area contributed by atoms with E-state index in [9.17, 15) is 0 Å². The lowest BCUT2D eigenvalue weighted by molar-refractivity contribution is 1.27. The molecule has 2 aromatic rings. The monoisotopic (exact) mass is 316 g/mol. The zero-order chi connectivity index (χ0) is 10.1. The van der Waals surface area contributed by atoms with Crippen LogP contribution in [-0.4, -0.2) is 4.98 Å². The Hall–Kier alpha value is -0.620. The van der Waals surface area contributed by atoms with Crippen LogP contribution in [0.25, 0.3) is 10.6 Å². The van der Waals surface area contributed by atoms with Gasteiger partial charge in [-0.3, -0.25) is 0 Å². The summed E-state index contributed by atoms with van der Waals surface area (Å²) in [6, 6.07) is 8.18. The fourth-order valence-electron chi connectivity index (χ4n) is 1.16. The molecule has 1 heterocycles. The van der Waals surface area contributed by atoms with Crippen LogP contribution in [0, 0.1) is 10.5 Å². The van der Waals surface area contributed by atoms with Gasteiger partial charge in [0.1, 0.15) is 10.0 Å². The van der Waals surface area contributed by atoms with Crippen LogP contribution in [0.1, 0.15) is 5.69 Å². The first-order chi connectivity index (χ1) is 6.68. The minimum Gasteiger partial charge on any atom is -0.389 e. The molecule has 0 bridgehead atoms. The molecule has 0 radical (unpaired) electrons. The molecular weight excluding hydrogens is 307 g/mol. The first-order valence-corrected chi connectivity index (χ1v) is 6.06. The van der Waals surface area contributed by atoms with Gasteiger partial charge in [-0.1, -0.05) is 29.5 Å². The molecule has 4 heteroatoms. The van der Waals surface area contributed by atoms with Gasteiger partial charge in [0.15, 0.2) is 0 Å². The van der Waals surface area contributed by atoms with Crippen molar-refractivity contribution >= 4 is 38.9 Å². The first-order valence-electron chi connectivity index (χ1n) is 4.16.